The first-order valence-electron chi connectivity index (χ1n) is 5.54. The summed E-state index contributed by atoms with van der Waals surface area (Å²) in [6.45, 7) is 1.16. The first-order valence-corrected chi connectivity index (χ1v) is 6.34. The van der Waals surface area contributed by atoms with Gasteiger partial charge in [-0.15, -0.1) is 0 Å². The van der Waals surface area contributed by atoms with Crippen molar-refractivity contribution < 1.29 is 9.53 Å². The molecule has 5 heteroatoms. The Morgan fingerprint density at radius 1 is 1.35 bits per heavy atom. The molecule has 0 bridgehead atoms. The molecule has 17 heavy (non-hydrogen) atoms. The van der Waals surface area contributed by atoms with E-state index in [2.05, 4.69) is 21.4 Å². The summed E-state index contributed by atoms with van der Waals surface area (Å²) in [6.07, 6.45) is 1.30. The molecule has 0 aliphatic carbocycles. The average Bonchev–Trinajstić information content (AvgIpc) is 2.39. The standard InChI is InChI=1S/C12H15BrN2O2/c13-10-4-2-1-3-9(10)12(11(16)15-14)5-7-17-8-6-12/h1-4H,5-8,14H2,(H,15,16). The monoisotopic (exact) mass is 298 g/mol. The van der Waals surface area contributed by atoms with Gasteiger partial charge < -0.3 is 4.74 Å². The molecule has 1 heterocycles. The molecular formula is C12H15BrN2O2. The summed E-state index contributed by atoms with van der Waals surface area (Å²) >= 11 is 3.50. The van der Waals surface area contributed by atoms with Gasteiger partial charge in [0.2, 0.25) is 5.91 Å². The molecule has 92 valence electrons. The maximum absolute atomic E-state index is 12.1. The van der Waals surface area contributed by atoms with Crippen molar-refractivity contribution in [1.29, 1.82) is 0 Å². The molecule has 4 nitrogen and oxygen atoms in total. The van der Waals surface area contributed by atoms with Crippen molar-refractivity contribution >= 4 is 21.8 Å². The van der Waals surface area contributed by atoms with Crippen molar-refractivity contribution in [2.75, 3.05) is 13.2 Å². The summed E-state index contributed by atoms with van der Waals surface area (Å²) in [5, 5.41) is 0. The van der Waals surface area contributed by atoms with E-state index in [1.54, 1.807) is 0 Å². The van der Waals surface area contributed by atoms with Gasteiger partial charge >= 0.3 is 0 Å². The van der Waals surface area contributed by atoms with Gasteiger partial charge in [-0.2, -0.15) is 0 Å². The highest BCUT2D eigenvalue weighted by Crippen LogP contribution is 2.38. The highest BCUT2D eigenvalue weighted by Gasteiger charge is 2.42. The van der Waals surface area contributed by atoms with Crippen LogP contribution in [0, 0.1) is 0 Å². The van der Waals surface area contributed by atoms with Gasteiger partial charge in [0.15, 0.2) is 0 Å². The Balaban J connectivity index is 2.46. The second-order valence-electron chi connectivity index (χ2n) is 4.15. The van der Waals surface area contributed by atoms with Crippen molar-refractivity contribution in [3.05, 3.63) is 34.3 Å². The van der Waals surface area contributed by atoms with Crippen LogP contribution in [0.2, 0.25) is 0 Å². The molecule has 1 aliphatic heterocycles. The highest BCUT2D eigenvalue weighted by atomic mass is 79.9. The van der Waals surface area contributed by atoms with Crippen LogP contribution in [0.15, 0.2) is 28.7 Å². The minimum atomic E-state index is -0.576. The van der Waals surface area contributed by atoms with Crippen LogP contribution in [-0.2, 0) is 14.9 Å². The largest absolute Gasteiger partial charge is 0.381 e. The zero-order valence-electron chi connectivity index (χ0n) is 9.41. The van der Waals surface area contributed by atoms with Crippen LogP contribution in [-0.4, -0.2) is 19.1 Å². The molecule has 1 aromatic carbocycles. The molecule has 2 rings (SSSR count). The number of hydrazine groups is 1. The topological polar surface area (TPSA) is 64.3 Å². The van der Waals surface area contributed by atoms with E-state index in [0.29, 0.717) is 26.1 Å². The van der Waals surface area contributed by atoms with Crippen LogP contribution < -0.4 is 11.3 Å². The molecule has 1 aliphatic rings. The van der Waals surface area contributed by atoms with E-state index in [-0.39, 0.29) is 5.91 Å². The van der Waals surface area contributed by atoms with E-state index < -0.39 is 5.41 Å². The Morgan fingerprint density at radius 3 is 2.59 bits per heavy atom. The predicted octanol–water partition coefficient (Wildman–Crippen LogP) is 1.49. The lowest BCUT2D eigenvalue weighted by molar-refractivity contribution is -0.130. The van der Waals surface area contributed by atoms with Crippen LogP contribution in [0.5, 0.6) is 0 Å². The molecule has 0 atom stereocenters. The SMILES string of the molecule is NNC(=O)C1(c2ccccc2Br)CCOCC1. The van der Waals surface area contributed by atoms with Crippen molar-refractivity contribution in [2.24, 2.45) is 5.84 Å². The Labute approximate surface area is 109 Å². The summed E-state index contributed by atoms with van der Waals surface area (Å²) in [5.74, 6) is 5.17. The second-order valence-corrected chi connectivity index (χ2v) is 5.00. The number of halogens is 1. The molecule has 1 saturated heterocycles. The van der Waals surface area contributed by atoms with E-state index in [9.17, 15) is 4.79 Å². The maximum atomic E-state index is 12.1. The zero-order valence-corrected chi connectivity index (χ0v) is 11.0. The number of ether oxygens (including phenoxy) is 1. The summed E-state index contributed by atoms with van der Waals surface area (Å²) < 4.78 is 6.28. The van der Waals surface area contributed by atoms with Crippen molar-refractivity contribution in [1.82, 2.24) is 5.43 Å². The Bertz CT molecular complexity index is 417. The third-order valence-corrected chi connectivity index (χ3v) is 3.99. The number of amides is 1. The minimum Gasteiger partial charge on any atom is -0.381 e. The van der Waals surface area contributed by atoms with E-state index in [4.69, 9.17) is 10.6 Å². The number of carbonyl (C=O) groups is 1. The molecule has 0 radical (unpaired) electrons. The van der Waals surface area contributed by atoms with Crippen molar-refractivity contribution in [3.63, 3.8) is 0 Å². The number of hydrogen-bond donors (Lipinski definition) is 2. The molecule has 0 spiro atoms. The zero-order chi connectivity index (χ0) is 12.3. The van der Waals surface area contributed by atoms with Gasteiger partial charge in [0.1, 0.15) is 0 Å². The Morgan fingerprint density at radius 2 is 2.00 bits per heavy atom. The maximum Gasteiger partial charge on any atom is 0.244 e. The quantitative estimate of drug-likeness (QED) is 0.494. The summed E-state index contributed by atoms with van der Waals surface area (Å²) in [7, 11) is 0. The molecule has 0 unspecified atom stereocenters. The minimum absolute atomic E-state index is 0.146. The Kier molecular flexibility index (Phi) is 3.81. The van der Waals surface area contributed by atoms with E-state index in [0.717, 1.165) is 10.0 Å². The lowest BCUT2D eigenvalue weighted by Gasteiger charge is -2.36. The predicted molar refractivity (Wildman–Crippen MR) is 68.2 cm³/mol. The Hall–Kier alpha value is -0.910. The fourth-order valence-electron chi connectivity index (χ4n) is 2.33. The van der Waals surface area contributed by atoms with Crippen LogP contribution in [0.3, 0.4) is 0 Å². The van der Waals surface area contributed by atoms with Crippen LogP contribution in [0.1, 0.15) is 18.4 Å². The number of rotatable bonds is 2. The highest BCUT2D eigenvalue weighted by molar-refractivity contribution is 9.10. The molecule has 1 aromatic rings. The number of benzene rings is 1. The van der Waals surface area contributed by atoms with Crippen LogP contribution in [0.4, 0.5) is 0 Å². The lowest BCUT2D eigenvalue weighted by atomic mass is 9.73. The molecular weight excluding hydrogens is 284 g/mol. The number of nitrogens with one attached hydrogen (secondary N) is 1. The van der Waals surface area contributed by atoms with Gasteiger partial charge in [0, 0.05) is 17.7 Å². The third kappa shape index (κ3) is 2.22. The third-order valence-electron chi connectivity index (χ3n) is 3.30. The molecule has 3 N–H and O–H groups in total. The van der Waals surface area contributed by atoms with Gasteiger partial charge in [-0.1, -0.05) is 34.1 Å². The van der Waals surface area contributed by atoms with E-state index >= 15 is 0 Å². The molecule has 0 saturated carbocycles. The lowest BCUT2D eigenvalue weighted by Crippen LogP contribution is -2.50. The number of carbonyl (C=O) groups excluding carboxylic acids is 1. The van der Waals surface area contributed by atoms with Gasteiger partial charge in [0.25, 0.3) is 0 Å². The van der Waals surface area contributed by atoms with E-state index in [1.807, 2.05) is 24.3 Å². The second kappa shape index (κ2) is 5.16. The number of hydrogen-bond acceptors (Lipinski definition) is 3. The first-order chi connectivity index (χ1) is 8.20. The average molecular weight is 299 g/mol. The molecule has 0 aromatic heterocycles. The number of nitrogens with two attached hydrogens (primary N) is 1. The normalized spacial score (nSPS) is 18.7. The van der Waals surface area contributed by atoms with Crippen LogP contribution in [0.25, 0.3) is 0 Å². The summed E-state index contributed by atoms with van der Waals surface area (Å²) in [4.78, 5) is 12.1. The van der Waals surface area contributed by atoms with Gasteiger partial charge in [-0.25, -0.2) is 5.84 Å². The van der Waals surface area contributed by atoms with Crippen molar-refractivity contribution in [3.8, 4) is 0 Å². The van der Waals surface area contributed by atoms with Gasteiger partial charge in [0.05, 0.1) is 5.41 Å². The fraction of sp³-hybridized carbons (Fsp3) is 0.417. The summed E-state index contributed by atoms with van der Waals surface area (Å²) in [5.41, 5.74) is 2.69. The first kappa shape index (κ1) is 12.5. The van der Waals surface area contributed by atoms with Crippen molar-refractivity contribution in [2.45, 2.75) is 18.3 Å². The molecule has 1 amide bonds. The van der Waals surface area contributed by atoms with Crippen LogP contribution >= 0.6 is 15.9 Å². The fourth-order valence-corrected chi connectivity index (χ4v) is 2.99. The van der Waals surface area contributed by atoms with E-state index in [1.165, 1.54) is 0 Å². The smallest absolute Gasteiger partial charge is 0.244 e. The molecule has 1 fully saturated rings. The van der Waals surface area contributed by atoms with Gasteiger partial charge in [-0.05, 0) is 24.5 Å². The van der Waals surface area contributed by atoms with Gasteiger partial charge in [-0.3, -0.25) is 10.2 Å². The summed E-state index contributed by atoms with van der Waals surface area (Å²) in [6, 6.07) is 7.77.